The highest BCUT2D eigenvalue weighted by molar-refractivity contribution is 5.24. The summed E-state index contributed by atoms with van der Waals surface area (Å²) in [7, 11) is 0. The Kier molecular flexibility index (Phi) is 2.81. The van der Waals surface area contributed by atoms with Crippen molar-refractivity contribution >= 4 is 0 Å². The van der Waals surface area contributed by atoms with Crippen molar-refractivity contribution in [1.82, 2.24) is 0 Å². The first-order valence-electron chi connectivity index (χ1n) is 5.47. The van der Waals surface area contributed by atoms with Crippen molar-refractivity contribution in [3.63, 3.8) is 0 Å². The van der Waals surface area contributed by atoms with Crippen molar-refractivity contribution in [3.05, 3.63) is 35.4 Å². The Balaban J connectivity index is 2.17. The summed E-state index contributed by atoms with van der Waals surface area (Å²) < 4.78 is 5.69. The summed E-state index contributed by atoms with van der Waals surface area (Å²) in [6, 6.07) is 8.31. The molecule has 82 valence electrons. The van der Waals surface area contributed by atoms with E-state index in [0.717, 1.165) is 6.42 Å². The lowest BCUT2D eigenvalue weighted by atomic mass is 9.89. The molecule has 1 N–H and O–H groups in total. The van der Waals surface area contributed by atoms with E-state index < -0.39 is 5.60 Å². The Morgan fingerprint density at radius 3 is 2.93 bits per heavy atom. The van der Waals surface area contributed by atoms with Crippen molar-refractivity contribution in [3.8, 4) is 0 Å². The summed E-state index contributed by atoms with van der Waals surface area (Å²) in [6.45, 7) is 4.61. The number of ether oxygens (including phenoxy) is 1. The summed E-state index contributed by atoms with van der Waals surface area (Å²) in [6.07, 6.45) is 1.47. The van der Waals surface area contributed by atoms with E-state index in [9.17, 15) is 5.11 Å². The van der Waals surface area contributed by atoms with Crippen LogP contribution < -0.4 is 0 Å². The van der Waals surface area contributed by atoms with Crippen molar-refractivity contribution in [2.45, 2.75) is 38.4 Å². The maximum absolute atomic E-state index is 10.00. The quantitative estimate of drug-likeness (QED) is 0.765. The van der Waals surface area contributed by atoms with E-state index in [1.54, 1.807) is 0 Å². The fourth-order valence-corrected chi connectivity index (χ4v) is 2.07. The number of rotatable bonds is 1. The van der Waals surface area contributed by atoms with Gasteiger partial charge in [0.25, 0.3) is 0 Å². The molecule has 1 heterocycles. The summed E-state index contributed by atoms with van der Waals surface area (Å²) in [4.78, 5) is 0. The van der Waals surface area contributed by atoms with E-state index in [1.807, 2.05) is 13.0 Å². The molecule has 2 heteroatoms. The highest BCUT2D eigenvalue weighted by Crippen LogP contribution is 2.34. The van der Waals surface area contributed by atoms with Gasteiger partial charge in [-0.2, -0.15) is 0 Å². The van der Waals surface area contributed by atoms with Crippen molar-refractivity contribution in [2.24, 2.45) is 0 Å². The second kappa shape index (κ2) is 3.95. The normalized spacial score (nSPS) is 31.5. The minimum Gasteiger partial charge on any atom is -0.390 e. The molecule has 1 aromatic rings. The SMILES string of the molecule is Cc1cccc(C2CC(C)(O)CCO2)c1. The number of benzene rings is 1. The fraction of sp³-hybridized carbons (Fsp3) is 0.538. The van der Waals surface area contributed by atoms with Crippen molar-refractivity contribution in [2.75, 3.05) is 6.61 Å². The Hall–Kier alpha value is -0.860. The lowest BCUT2D eigenvalue weighted by Gasteiger charge is -2.34. The molecule has 0 aromatic heterocycles. The van der Waals surface area contributed by atoms with Gasteiger partial charge in [-0.3, -0.25) is 0 Å². The highest BCUT2D eigenvalue weighted by Gasteiger charge is 2.31. The molecule has 0 saturated carbocycles. The molecule has 15 heavy (non-hydrogen) atoms. The van der Waals surface area contributed by atoms with Crippen LogP contribution >= 0.6 is 0 Å². The smallest absolute Gasteiger partial charge is 0.0852 e. The Morgan fingerprint density at radius 1 is 1.47 bits per heavy atom. The topological polar surface area (TPSA) is 29.5 Å². The molecular weight excluding hydrogens is 188 g/mol. The molecule has 0 bridgehead atoms. The number of hydrogen-bond donors (Lipinski definition) is 1. The van der Waals surface area contributed by atoms with Gasteiger partial charge in [-0.25, -0.2) is 0 Å². The predicted octanol–water partition coefficient (Wildman–Crippen LogP) is 2.60. The first-order chi connectivity index (χ1) is 7.07. The van der Waals surface area contributed by atoms with Gasteiger partial charge in [0, 0.05) is 6.42 Å². The fourth-order valence-electron chi connectivity index (χ4n) is 2.07. The number of aryl methyl sites for hydroxylation is 1. The molecule has 0 spiro atoms. The van der Waals surface area contributed by atoms with Gasteiger partial charge in [-0.1, -0.05) is 29.8 Å². The minimum absolute atomic E-state index is 0.0497. The molecule has 1 aliphatic rings. The van der Waals surface area contributed by atoms with Crippen LogP contribution in [0.15, 0.2) is 24.3 Å². The number of aliphatic hydroxyl groups is 1. The average Bonchev–Trinajstić information content (AvgIpc) is 2.16. The zero-order valence-electron chi connectivity index (χ0n) is 9.36. The molecule has 0 aliphatic carbocycles. The van der Waals surface area contributed by atoms with E-state index in [4.69, 9.17) is 4.74 Å². The Labute approximate surface area is 90.9 Å². The molecule has 0 radical (unpaired) electrons. The van der Waals surface area contributed by atoms with Crippen LogP contribution in [0.5, 0.6) is 0 Å². The number of hydrogen-bond acceptors (Lipinski definition) is 2. The predicted molar refractivity (Wildman–Crippen MR) is 59.7 cm³/mol. The maximum atomic E-state index is 10.00. The largest absolute Gasteiger partial charge is 0.390 e. The van der Waals surface area contributed by atoms with E-state index in [2.05, 4.69) is 25.1 Å². The van der Waals surface area contributed by atoms with Gasteiger partial charge in [0.1, 0.15) is 0 Å². The maximum Gasteiger partial charge on any atom is 0.0852 e. The zero-order valence-corrected chi connectivity index (χ0v) is 9.36. The average molecular weight is 206 g/mol. The molecule has 1 fully saturated rings. The van der Waals surface area contributed by atoms with Gasteiger partial charge in [-0.05, 0) is 25.8 Å². The van der Waals surface area contributed by atoms with Crippen molar-refractivity contribution < 1.29 is 9.84 Å². The summed E-state index contributed by atoms with van der Waals surface area (Å²) in [5, 5.41) is 10.00. The van der Waals surface area contributed by atoms with Gasteiger partial charge in [0.2, 0.25) is 0 Å². The molecule has 1 saturated heterocycles. The monoisotopic (exact) mass is 206 g/mol. The third-order valence-corrected chi connectivity index (χ3v) is 3.00. The molecule has 1 aliphatic heterocycles. The second-order valence-electron chi connectivity index (χ2n) is 4.72. The van der Waals surface area contributed by atoms with Crippen molar-refractivity contribution in [1.29, 1.82) is 0 Å². The molecule has 2 nitrogen and oxygen atoms in total. The second-order valence-corrected chi connectivity index (χ2v) is 4.72. The molecular formula is C13H18O2. The standard InChI is InChI=1S/C13H18O2/c1-10-4-3-5-11(8-10)12-9-13(2,14)6-7-15-12/h3-5,8,12,14H,6-7,9H2,1-2H3. The summed E-state index contributed by atoms with van der Waals surface area (Å²) in [5.41, 5.74) is 1.84. The van der Waals surface area contributed by atoms with Crippen LogP contribution in [0.3, 0.4) is 0 Å². The lowest BCUT2D eigenvalue weighted by Crippen LogP contribution is -2.34. The van der Waals surface area contributed by atoms with Crippen LogP contribution in [0, 0.1) is 6.92 Å². The van der Waals surface area contributed by atoms with Crippen LogP contribution in [0.25, 0.3) is 0 Å². The van der Waals surface area contributed by atoms with Gasteiger partial charge in [0.05, 0.1) is 18.3 Å². The zero-order chi connectivity index (χ0) is 10.9. The van der Waals surface area contributed by atoms with Crippen LogP contribution in [0.1, 0.15) is 37.0 Å². The Morgan fingerprint density at radius 2 is 2.27 bits per heavy atom. The molecule has 2 unspecified atom stereocenters. The van der Waals surface area contributed by atoms with Gasteiger partial charge >= 0.3 is 0 Å². The minimum atomic E-state index is -0.577. The first-order valence-corrected chi connectivity index (χ1v) is 5.47. The van der Waals surface area contributed by atoms with Crippen LogP contribution in [-0.4, -0.2) is 17.3 Å². The van der Waals surface area contributed by atoms with E-state index >= 15 is 0 Å². The van der Waals surface area contributed by atoms with E-state index in [0.29, 0.717) is 13.0 Å². The third-order valence-electron chi connectivity index (χ3n) is 3.00. The molecule has 1 aromatic carbocycles. The molecule has 2 rings (SSSR count). The van der Waals surface area contributed by atoms with Gasteiger partial charge < -0.3 is 9.84 Å². The Bertz CT molecular complexity index is 344. The van der Waals surface area contributed by atoms with Gasteiger partial charge in [0.15, 0.2) is 0 Å². The van der Waals surface area contributed by atoms with Crippen LogP contribution in [-0.2, 0) is 4.74 Å². The summed E-state index contributed by atoms with van der Waals surface area (Å²) >= 11 is 0. The van der Waals surface area contributed by atoms with Crippen LogP contribution in [0.4, 0.5) is 0 Å². The van der Waals surface area contributed by atoms with E-state index in [-0.39, 0.29) is 6.10 Å². The van der Waals surface area contributed by atoms with E-state index in [1.165, 1.54) is 11.1 Å². The molecule has 0 amide bonds. The van der Waals surface area contributed by atoms with Gasteiger partial charge in [-0.15, -0.1) is 0 Å². The van der Waals surface area contributed by atoms with Crippen LogP contribution in [0.2, 0.25) is 0 Å². The highest BCUT2D eigenvalue weighted by atomic mass is 16.5. The third kappa shape index (κ3) is 2.58. The molecule has 2 atom stereocenters. The lowest BCUT2D eigenvalue weighted by molar-refractivity contribution is -0.0952. The summed E-state index contributed by atoms with van der Waals surface area (Å²) in [5.74, 6) is 0. The first kappa shape index (κ1) is 10.7.